The molecular formula is C16H13FN2OS. The number of nitrogens with zero attached hydrogens (tertiary/aromatic N) is 1. The molecule has 2 N–H and O–H groups in total. The number of anilines is 2. The molecule has 1 heterocycles. The number of fused-ring (bicyclic) bond motifs is 1. The van der Waals surface area contributed by atoms with Gasteiger partial charge in [0.1, 0.15) is 11.6 Å². The van der Waals surface area contributed by atoms with Gasteiger partial charge >= 0.3 is 0 Å². The van der Waals surface area contributed by atoms with Crippen LogP contribution in [0.4, 0.5) is 15.8 Å². The first-order valence-corrected chi connectivity index (χ1v) is 7.58. The Kier molecular flexibility index (Phi) is 3.66. The summed E-state index contributed by atoms with van der Waals surface area (Å²) in [6, 6.07) is 11.8. The first-order chi connectivity index (χ1) is 10.2. The van der Waals surface area contributed by atoms with Gasteiger partial charge in [-0.25, -0.2) is 4.39 Å². The number of phenols is 1. The van der Waals surface area contributed by atoms with E-state index in [1.807, 2.05) is 24.5 Å². The Morgan fingerprint density at radius 2 is 1.95 bits per heavy atom. The second kappa shape index (κ2) is 5.61. The Morgan fingerprint density at radius 3 is 2.71 bits per heavy atom. The molecule has 0 spiro atoms. The van der Waals surface area contributed by atoms with Crippen LogP contribution in [0.2, 0.25) is 0 Å². The van der Waals surface area contributed by atoms with Gasteiger partial charge in [-0.2, -0.15) is 0 Å². The van der Waals surface area contributed by atoms with Crippen molar-refractivity contribution >= 4 is 34.0 Å². The third kappa shape index (κ3) is 2.78. The van der Waals surface area contributed by atoms with Gasteiger partial charge in [0.25, 0.3) is 0 Å². The molecule has 2 aromatic carbocycles. The minimum absolute atomic E-state index is 0.0951. The molecule has 106 valence electrons. The molecule has 21 heavy (non-hydrogen) atoms. The van der Waals surface area contributed by atoms with Crippen LogP contribution >= 0.6 is 11.8 Å². The molecule has 3 rings (SSSR count). The fraction of sp³-hybridized carbons (Fsp3) is 0.0625. The Balaban J connectivity index is 2.07. The largest absolute Gasteiger partial charge is 0.508 e. The number of phenolic OH excluding ortho intramolecular Hbond substituents is 1. The normalized spacial score (nSPS) is 10.8. The summed E-state index contributed by atoms with van der Waals surface area (Å²) in [5.74, 6) is -0.594. The van der Waals surface area contributed by atoms with E-state index in [2.05, 4.69) is 10.3 Å². The summed E-state index contributed by atoms with van der Waals surface area (Å²) in [5.41, 5.74) is 1.94. The maximum atomic E-state index is 13.8. The van der Waals surface area contributed by atoms with Crippen LogP contribution in [0, 0.1) is 5.82 Å². The summed E-state index contributed by atoms with van der Waals surface area (Å²) < 4.78 is 13.8. The number of halogens is 1. The molecule has 0 amide bonds. The van der Waals surface area contributed by atoms with Crippen LogP contribution < -0.4 is 5.32 Å². The Bertz CT molecular complexity index is 807. The van der Waals surface area contributed by atoms with Gasteiger partial charge in [-0.3, -0.25) is 4.98 Å². The topological polar surface area (TPSA) is 45.2 Å². The molecule has 5 heteroatoms. The van der Waals surface area contributed by atoms with Crippen LogP contribution in [-0.2, 0) is 0 Å². The number of thioether (sulfide) groups is 1. The molecule has 0 saturated carbocycles. The highest BCUT2D eigenvalue weighted by atomic mass is 32.2. The zero-order valence-corrected chi connectivity index (χ0v) is 12.1. The van der Waals surface area contributed by atoms with Gasteiger partial charge in [-0.15, -0.1) is 11.8 Å². The predicted octanol–water partition coefficient (Wildman–Crippen LogP) is 4.55. The summed E-state index contributed by atoms with van der Waals surface area (Å²) in [7, 11) is 0. The zero-order chi connectivity index (χ0) is 14.8. The second-order valence-corrected chi connectivity index (χ2v) is 5.41. The number of hydrogen-bond acceptors (Lipinski definition) is 4. The Labute approximate surface area is 125 Å². The minimum Gasteiger partial charge on any atom is -0.508 e. The van der Waals surface area contributed by atoms with Crippen molar-refractivity contribution in [2.75, 3.05) is 11.6 Å². The molecule has 0 radical (unpaired) electrons. The van der Waals surface area contributed by atoms with Gasteiger partial charge in [0, 0.05) is 28.2 Å². The highest BCUT2D eigenvalue weighted by Gasteiger charge is 2.07. The van der Waals surface area contributed by atoms with Crippen LogP contribution in [-0.4, -0.2) is 16.3 Å². The van der Waals surface area contributed by atoms with Gasteiger partial charge in [0.05, 0.1) is 11.2 Å². The standard InChI is InChI=1S/C16H13FN2OS/c1-21-11-3-5-14-12(9-11)15(6-7-18-14)19-16-4-2-10(20)8-13(16)17/h2-9,20H,1H3,(H,18,19). The Morgan fingerprint density at radius 1 is 1.10 bits per heavy atom. The third-order valence-corrected chi connectivity index (χ3v) is 3.90. The lowest BCUT2D eigenvalue weighted by Gasteiger charge is -2.11. The molecule has 0 aliphatic heterocycles. The van der Waals surface area contributed by atoms with E-state index in [-0.39, 0.29) is 5.75 Å². The predicted molar refractivity (Wildman–Crippen MR) is 84.9 cm³/mol. The number of rotatable bonds is 3. The summed E-state index contributed by atoms with van der Waals surface area (Å²) in [4.78, 5) is 5.43. The van der Waals surface area contributed by atoms with E-state index in [1.165, 1.54) is 12.1 Å². The number of aromatic hydroxyl groups is 1. The maximum absolute atomic E-state index is 13.8. The van der Waals surface area contributed by atoms with Crippen LogP contribution in [0.25, 0.3) is 10.9 Å². The molecule has 1 aromatic heterocycles. The third-order valence-electron chi connectivity index (χ3n) is 3.17. The lowest BCUT2D eigenvalue weighted by atomic mass is 10.1. The smallest absolute Gasteiger partial charge is 0.150 e. The summed E-state index contributed by atoms with van der Waals surface area (Å²) in [5, 5.41) is 13.2. The van der Waals surface area contributed by atoms with Crippen molar-refractivity contribution in [3.05, 3.63) is 54.5 Å². The van der Waals surface area contributed by atoms with Crippen molar-refractivity contribution in [2.45, 2.75) is 4.90 Å². The molecule has 0 saturated heterocycles. The van der Waals surface area contributed by atoms with Crippen LogP contribution in [0.1, 0.15) is 0 Å². The van der Waals surface area contributed by atoms with Crippen molar-refractivity contribution in [3.8, 4) is 5.75 Å². The van der Waals surface area contributed by atoms with Crippen LogP contribution in [0.5, 0.6) is 5.75 Å². The number of benzene rings is 2. The quantitative estimate of drug-likeness (QED) is 0.550. The zero-order valence-electron chi connectivity index (χ0n) is 11.3. The lowest BCUT2D eigenvalue weighted by molar-refractivity contribution is 0.469. The van der Waals surface area contributed by atoms with Crippen LogP contribution in [0.15, 0.2) is 53.6 Å². The molecule has 0 fully saturated rings. The van der Waals surface area contributed by atoms with E-state index >= 15 is 0 Å². The fourth-order valence-corrected chi connectivity index (χ4v) is 2.55. The SMILES string of the molecule is CSc1ccc2nccc(Nc3ccc(O)cc3F)c2c1. The van der Waals surface area contributed by atoms with E-state index in [0.717, 1.165) is 27.6 Å². The second-order valence-electron chi connectivity index (χ2n) is 4.53. The maximum Gasteiger partial charge on any atom is 0.150 e. The molecule has 3 nitrogen and oxygen atoms in total. The highest BCUT2D eigenvalue weighted by molar-refractivity contribution is 7.98. The van der Waals surface area contributed by atoms with Gasteiger partial charge in [-0.05, 0) is 42.7 Å². The average molecular weight is 300 g/mol. The van der Waals surface area contributed by atoms with Crippen molar-refractivity contribution in [1.82, 2.24) is 4.98 Å². The van der Waals surface area contributed by atoms with E-state index in [1.54, 1.807) is 24.0 Å². The van der Waals surface area contributed by atoms with E-state index in [0.29, 0.717) is 5.69 Å². The van der Waals surface area contributed by atoms with Crippen LogP contribution in [0.3, 0.4) is 0 Å². The van der Waals surface area contributed by atoms with E-state index < -0.39 is 5.82 Å². The Hall–Kier alpha value is -2.27. The molecule has 0 bridgehead atoms. The van der Waals surface area contributed by atoms with Gasteiger partial charge in [0.15, 0.2) is 0 Å². The molecule has 0 atom stereocenters. The van der Waals surface area contributed by atoms with Crippen molar-refractivity contribution < 1.29 is 9.50 Å². The van der Waals surface area contributed by atoms with Crippen molar-refractivity contribution in [1.29, 1.82) is 0 Å². The lowest BCUT2D eigenvalue weighted by Crippen LogP contribution is -1.95. The summed E-state index contributed by atoms with van der Waals surface area (Å²) in [6.07, 6.45) is 3.69. The van der Waals surface area contributed by atoms with Crippen molar-refractivity contribution in [3.63, 3.8) is 0 Å². The number of aromatic nitrogens is 1. The van der Waals surface area contributed by atoms with Gasteiger partial charge in [0.2, 0.25) is 0 Å². The first kappa shape index (κ1) is 13.7. The number of pyridine rings is 1. The van der Waals surface area contributed by atoms with Gasteiger partial charge in [-0.1, -0.05) is 0 Å². The number of nitrogens with one attached hydrogen (secondary N) is 1. The van der Waals surface area contributed by atoms with Gasteiger partial charge < -0.3 is 10.4 Å². The summed E-state index contributed by atoms with van der Waals surface area (Å²) in [6.45, 7) is 0. The molecule has 0 aliphatic carbocycles. The highest BCUT2D eigenvalue weighted by Crippen LogP contribution is 2.30. The number of hydrogen-bond donors (Lipinski definition) is 2. The monoisotopic (exact) mass is 300 g/mol. The molecule has 0 aliphatic rings. The molecular weight excluding hydrogens is 287 g/mol. The summed E-state index contributed by atoms with van der Waals surface area (Å²) >= 11 is 1.64. The minimum atomic E-state index is -0.499. The molecule has 0 unspecified atom stereocenters. The first-order valence-electron chi connectivity index (χ1n) is 6.35. The van der Waals surface area contributed by atoms with E-state index in [9.17, 15) is 9.50 Å². The molecule has 3 aromatic rings. The average Bonchev–Trinajstić information content (AvgIpc) is 2.50. The van der Waals surface area contributed by atoms with Crippen molar-refractivity contribution in [2.24, 2.45) is 0 Å². The van der Waals surface area contributed by atoms with E-state index in [4.69, 9.17) is 0 Å². The fourth-order valence-electron chi connectivity index (χ4n) is 2.11.